The summed E-state index contributed by atoms with van der Waals surface area (Å²) in [4.78, 5) is 8.32. The van der Waals surface area contributed by atoms with Crippen LogP contribution in [0.25, 0.3) is 0 Å². The van der Waals surface area contributed by atoms with Crippen molar-refractivity contribution in [1.82, 2.24) is 20.2 Å². The zero-order chi connectivity index (χ0) is 9.80. The topological polar surface area (TPSA) is 66.5 Å². The summed E-state index contributed by atoms with van der Waals surface area (Å²) >= 11 is 1.62. The predicted molar refractivity (Wildman–Crippen MR) is 55.4 cm³/mol. The second kappa shape index (κ2) is 4.19. The fourth-order valence-electron chi connectivity index (χ4n) is 1.07. The van der Waals surface area contributed by atoms with Gasteiger partial charge in [-0.1, -0.05) is 0 Å². The average molecular weight is 209 g/mol. The lowest BCUT2D eigenvalue weighted by molar-refractivity contribution is 0.899. The molecule has 0 radical (unpaired) electrons. The van der Waals surface area contributed by atoms with Crippen molar-refractivity contribution in [2.75, 3.05) is 11.9 Å². The van der Waals surface area contributed by atoms with Gasteiger partial charge in [0, 0.05) is 18.3 Å². The van der Waals surface area contributed by atoms with Gasteiger partial charge in [0.1, 0.15) is 12.2 Å². The zero-order valence-electron chi connectivity index (χ0n) is 7.82. The molecule has 0 aliphatic rings. The number of nitrogens with one attached hydrogen (secondary N) is 2. The molecule has 2 N–H and O–H groups in total. The van der Waals surface area contributed by atoms with Crippen molar-refractivity contribution in [2.24, 2.45) is 0 Å². The zero-order valence-corrected chi connectivity index (χ0v) is 8.64. The minimum Gasteiger partial charge on any atom is -0.361 e. The molecule has 14 heavy (non-hydrogen) atoms. The van der Waals surface area contributed by atoms with Gasteiger partial charge in [-0.2, -0.15) is 5.10 Å². The maximum Gasteiger partial charge on any atom is 0.182 e. The largest absolute Gasteiger partial charge is 0.361 e. The Hall–Kier alpha value is -1.43. The number of nitrogens with zero attached hydrogens (tertiary/aromatic N) is 3. The first kappa shape index (κ1) is 9.14. The lowest BCUT2D eigenvalue weighted by Gasteiger charge is -1.98. The van der Waals surface area contributed by atoms with Crippen LogP contribution in [-0.4, -0.2) is 26.7 Å². The van der Waals surface area contributed by atoms with Gasteiger partial charge in [0.15, 0.2) is 5.13 Å². The summed E-state index contributed by atoms with van der Waals surface area (Å²) in [7, 11) is 0. The summed E-state index contributed by atoms with van der Waals surface area (Å²) in [5.41, 5.74) is 1.05. The third-order valence-electron chi connectivity index (χ3n) is 1.72. The van der Waals surface area contributed by atoms with Crippen LogP contribution < -0.4 is 5.32 Å². The Balaban J connectivity index is 1.78. The molecule has 0 saturated heterocycles. The number of H-pyrrole nitrogens is 1. The van der Waals surface area contributed by atoms with Crippen LogP contribution in [0.3, 0.4) is 0 Å². The molecule has 2 aromatic rings. The van der Waals surface area contributed by atoms with Gasteiger partial charge >= 0.3 is 0 Å². The molecule has 0 atom stereocenters. The first-order valence-corrected chi connectivity index (χ1v) is 5.23. The molecule has 5 nitrogen and oxygen atoms in total. The maximum atomic E-state index is 4.29. The molecule has 2 heterocycles. The second-order valence-corrected chi connectivity index (χ2v) is 3.76. The van der Waals surface area contributed by atoms with E-state index in [-0.39, 0.29) is 0 Å². The number of aromatic nitrogens is 4. The van der Waals surface area contributed by atoms with Crippen LogP contribution in [0.15, 0.2) is 11.7 Å². The summed E-state index contributed by atoms with van der Waals surface area (Å²) in [6.07, 6.45) is 2.35. The van der Waals surface area contributed by atoms with Crippen molar-refractivity contribution in [3.63, 3.8) is 0 Å². The van der Waals surface area contributed by atoms with E-state index in [9.17, 15) is 0 Å². The highest BCUT2D eigenvalue weighted by Crippen LogP contribution is 2.13. The highest BCUT2D eigenvalue weighted by atomic mass is 32.1. The Morgan fingerprint density at radius 1 is 1.57 bits per heavy atom. The Bertz CT molecular complexity index is 380. The van der Waals surface area contributed by atoms with Gasteiger partial charge in [-0.05, 0) is 6.92 Å². The normalized spacial score (nSPS) is 10.4. The highest BCUT2D eigenvalue weighted by molar-refractivity contribution is 7.13. The minimum atomic E-state index is 0.822. The molecule has 6 heteroatoms. The van der Waals surface area contributed by atoms with Crippen LogP contribution in [0.2, 0.25) is 0 Å². The molecule has 0 saturated carbocycles. The van der Waals surface area contributed by atoms with E-state index in [1.807, 2.05) is 12.3 Å². The molecule has 0 spiro atoms. The van der Waals surface area contributed by atoms with Crippen LogP contribution in [0.1, 0.15) is 11.5 Å². The predicted octanol–water partition coefficient (Wildman–Crippen LogP) is 1.22. The third-order valence-corrected chi connectivity index (χ3v) is 2.64. The third kappa shape index (κ3) is 2.29. The first-order chi connectivity index (χ1) is 6.84. The minimum absolute atomic E-state index is 0.822. The summed E-state index contributed by atoms with van der Waals surface area (Å²) < 4.78 is 0. The Labute approximate surface area is 85.6 Å². The van der Waals surface area contributed by atoms with Crippen LogP contribution in [0.4, 0.5) is 5.13 Å². The number of rotatable bonds is 4. The number of aryl methyl sites for hydroxylation is 1. The molecule has 0 aromatic carbocycles. The molecule has 0 amide bonds. The van der Waals surface area contributed by atoms with Gasteiger partial charge in [-0.25, -0.2) is 9.97 Å². The molecule has 0 fully saturated rings. The molecular formula is C8H11N5S. The second-order valence-electron chi connectivity index (χ2n) is 2.90. The highest BCUT2D eigenvalue weighted by Gasteiger charge is 1.98. The lowest BCUT2D eigenvalue weighted by Crippen LogP contribution is -2.05. The van der Waals surface area contributed by atoms with Crippen molar-refractivity contribution in [3.8, 4) is 0 Å². The van der Waals surface area contributed by atoms with Crippen molar-refractivity contribution in [3.05, 3.63) is 23.2 Å². The van der Waals surface area contributed by atoms with E-state index in [0.29, 0.717) is 0 Å². The number of anilines is 1. The van der Waals surface area contributed by atoms with Crippen molar-refractivity contribution in [1.29, 1.82) is 0 Å². The summed E-state index contributed by atoms with van der Waals surface area (Å²) in [6, 6.07) is 0. The van der Waals surface area contributed by atoms with Crippen LogP contribution >= 0.6 is 11.3 Å². The van der Waals surface area contributed by atoms with Crippen LogP contribution in [0.5, 0.6) is 0 Å². The van der Waals surface area contributed by atoms with E-state index in [2.05, 4.69) is 25.5 Å². The van der Waals surface area contributed by atoms with Crippen molar-refractivity contribution < 1.29 is 0 Å². The number of thiazole rings is 1. The van der Waals surface area contributed by atoms with E-state index >= 15 is 0 Å². The van der Waals surface area contributed by atoms with E-state index in [1.54, 1.807) is 11.3 Å². The van der Waals surface area contributed by atoms with Gasteiger partial charge in [0.05, 0.1) is 5.69 Å². The summed E-state index contributed by atoms with van der Waals surface area (Å²) in [5, 5.41) is 12.8. The van der Waals surface area contributed by atoms with Crippen molar-refractivity contribution in [2.45, 2.75) is 13.3 Å². The van der Waals surface area contributed by atoms with Crippen LogP contribution in [0, 0.1) is 6.92 Å². The molecule has 2 aromatic heterocycles. The van der Waals surface area contributed by atoms with E-state index in [4.69, 9.17) is 0 Å². The molecule has 0 unspecified atom stereocenters. The van der Waals surface area contributed by atoms with Gasteiger partial charge in [0.2, 0.25) is 0 Å². The quantitative estimate of drug-likeness (QED) is 0.794. The molecule has 0 aliphatic heterocycles. The molecule has 0 bridgehead atoms. The molecule has 0 aliphatic carbocycles. The average Bonchev–Trinajstić information content (AvgIpc) is 2.77. The first-order valence-electron chi connectivity index (χ1n) is 4.35. The molecular weight excluding hydrogens is 198 g/mol. The smallest absolute Gasteiger partial charge is 0.182 e. The van der Waals surface area contributed by atoms with Gasteiger partial charge in [-0.15, -0.1) is 11.3 Å². The monoisotopic (exact) mass is 209 g/mol. The number of hydrogen-bond acceptors (Lipinski definition) is 5. The van der Waals surface area contributed by atoms with E-state index < -0.39 is 0 Å². The SMILES string of the molecule is Cc1csc(NCCc2ncn[nH]2)n1. The fraction of sp³-hybridized carbons (Fsp3) is 0.375. The van der Waals surface area contributed by atoms with Crippen molar-refractivity contribution >= 4 is 16.5 Å². The lowest BCUT2D eigenvalue weighted by atomic mass is 10.4. The summed E-state index contributed by atoms with van der Waals surface area (Å²) in [5.74, 6) is 0.894. The maximum absolute atomic E-state index is 4.29. The Kier molecular flexibility index (Phi) is 2.73. The van der Waals surface area contributed by atoms with E-state index in [1.165, 1.54) is 6.33 Å². The number of aromatic amines is 1. The standard InChI is InChI=1S/C8H11N5S/c1-6-4-14-8(12-6)9-3-2-7-10-5-11-13-7/h4-5H,2-3H2,1H3,(H,9,12)(H,10,11,13). The molecule has 74 valence electrons. The number of hydrogen-bond donors (Lipinski definition) is 2. The fourth-order valence-corrected chi connectivity index (χ4v) is 1.79. The Morgan fingerprint density at radius 2 is 2.50 bits per heavy atom. The summed E-state index contributed by atoms with van der Waals surface area (Å²) in [6.45, 7) is 2.81. The van der Waals surface area contributed by atoms with Gasteiger partial charge < -0.3 is 5.32 Å². The Morgan fingerprint density at radius 3 is 3.14 bits per heavy atom. The van der Waals surface area contributed by atoms with E-state index in [0.717, 1.165) is 29.6 Å². The van der Waals surface area contributed by atoms with Crippen LogP contribution in [-0.2, 0) is 6.42 Å². The molecule has 2 rings (SSSR count). The van der Waals surface area contributed by atoms with Gasteiger partial charge in [-0.3, -0.25) is 5.10 Å². The van der Waals surface area contributed by atoms with Gasteiger partial charge in [0.25, 0.3) is 0 Å².